The van der Waals surface area contributed by atoms with Crippen molar-refractivity contribution in [3.8, 4) is 11.3 Å². The van der Waals surface area contributed by atoms with Crippen molar-refractivity contribution in [2.45, 2.75) is 53.4 Å². The maximum absolute atomic E-state index is 4.89. The van der Waals surface area contributed by atoms with Crippen LogP contribution in [0.1, 0.15) is 54.4 Å². The monoisotopic (exact) mass is 391 g/mol. The van der Waals surface area contributed by atoms with Crippen LogP contribution in [0.5, 0.6) is 0 Å². The molecular weight excluding hydrogens is 370 g/mol. The molecule has 0 radical (unpaired) electrons. The van der Waals surface area contributed by atoms with E-state index in [1.165, 1.54) is 16.0 Å². The zero-order valence-corrected chi connectivity index (χ0v) is 16.7. The lowest BCUT2D eigenvalue weighted by molar-refractivity contribution is 0.638. The van der Waals surface area contributed by atoms with E-state index in [9.17, 15) is 0 Å². The van der Waals surface area contributed by atoms with Gasteiger partial charge in [-0.2, -0.15) is 5.10 Å². The molecule has 5 heteroatoms. The summed E-state index contributed by atoms with van der Waals surface area (Å²) < 4.78 is 3.20. The molecule has 0 aliphatic carbocycles. The van der Waals surface area contributed by atoms with Crippen LogP contribution in [0.25, 0.3) is 16.9 Å². The highest BCUT2D eigenvalue weighted by atomic mass is 79.9. The number of halogens is 1. The van der Waals surface area contributed by atoms with Crippen LogP contribution in [-0.2, 0) is 0 Å². The topological polar surface area (TPSA) is 30.2 Å². The van der Waals surface area contributed by atoms with Crippen molar-refractivity contribution in [3.05, 3.63) is 37.7 Å². The second kappa shape index (κ2) is 6.36. The van der Waals surface area contributed by atoms with Gasteiger partial charge >= 0.3 is 0 Å². The molecule has 3 aromatic heterocycles. The van der Waals surface area contributed by atoms with Gasteiger partial charge in [-0.25, -0.2) is 9.50 Å². The Morgan fingerprint density at radius 2 is 1.87 bits per heavy atom. The average Bonchev–Trinajstić information content (AvgIpc) is 2.98. The molecule has 0 saturated heterocycles. The van der Waals surface area contributed by atoms with E-state index < -0.39 is 0 Å². The van der Waals surface area contributed by atoms with Crippen molar-refractivity contribution < 1.29 is 0 Å². The van der Waals surface area contributed by atoms with Crippen LogP contribution in [0.15, 0.2) is 15.9 Å². The molecule has 0 aliphatic rings. The summed E-state index contributed by atoms with van der Waals surface area (Å²) in [6.07, 6.45) is 2.25. The van der Waals surface area contributed by atoms with Crippen molar-refractivity contribution in [2.75, 3.05) is 0 Å². The first-order valence-corrected chi connectivity index (χ1v) is 9.70. The minimum atomic E-state index is 0.532. The molecular formula is C18H22BrN3S. The first-order valence-electron chi connectivity index (χ1n) is 8.09. The van der Waals surface area contributed by atoms with E-state index in [-0.39, 0.29) is 0 Å². The molecule has 0 fully saturated rings. The lowest BCUT2D eigenvalue weighted by Crippen LogP contribution is -2.05. The molecule has 0 spiro atoms. The third kappa shape index (κ3) is 2.85. The highest BCUT2D eigenvalue weighted by Gasteiger charge is 2.21. The summed E-state index contributed by atoms with van der Waals surface area (Å²) in [6, 6.07) is 4.39. The van der Waals surface area contributed by atoms with Crippen LogP contribution in [0.2, 0.25) is 0 Å². The van der Waals surface area contributed by atoms with Gasteiger partial charge in [0.15, 0.2) is 5.65 Å². The summed E-state index contributed by atoms with van der Waals surface area (Å²) in [7, 11) is 0. The lowest BCUT2D eigenvalue weighted by Gasteiger charge is -2.14. The minimum Gasteiger partial charge on any atom is -0.231 e. The van der Waals surface area contributed by atoms with Gasteiger partial charge in [-0.1, -0.05) is 13.8 Å². The van der Waals surface area contributed by atoms with E-state index in [1.807, 2.05) is 0 Å². The second-order valence-electron chi connectivity index (χ2n) is 6.06. The van der Waals surface area contributed by atoms with Gasteiger partial charge in [-0.15, -0.1) is 11.3 Å². The fraction of sp³-hybridized carbons (Fsp3) is 0.444. The Hall–Kier alpha value is -1.20. The molecule has 0 aliphatic heterocycles. The van der Waals surface area contributed by atoms with E-state index in [0.29, 0.717) is 5.92 Å². The van der Waals surface area contributed by atoms with Crippen LogP contribution in [0.3, 0.4) is 0 Å². The van der Waals surface area contributed by atoms with Crippen molar-refractivity contribution in [2.24, 2.45) is 0 Å². The van der Waals surface area contributed by atoms with Crippen LogP contribution in [-0.4, -0.2) is 14.6 Å². The first kappa shape index (κ1) is 16.7. The van der Waals surface area contributed by atoms with Gasteiger partial charge in [0, 0.05) is 16.0 Å². The third-order valence-electron chi connectivity index (χ3n) is 4.48. The number of nitrogens with zero attached hydrogens (tertiary/aromatic N) is 3. The highest BCUT2D eigenvalue weighted by Crippen LogP contribution is 2.37. The minimum absolute atomic E-state index is 0.532. The Kier molecular flexibility index (Phi) is 4.61. The Labute approximate surface area is 149 Å². The average molecular weight is 392 g/mol. The van der Waals surface area contributed by atoms with Crippen LogP contribution >= 0.6 is 27.3 Å². The molecule has 23 heavy (non-hydrogen) atoms. The van der Waals surface area contributed by atoms with Gasteiger partial charge in [0.1, 0.15) is 0 Å². The Bertz CT molecular complexity index is 859. The maximum Gasteiger partial charge on any atom is 0.157 e. The summed E-state index contributed by atoms with van der Waals surface area (Å²) in [5, 5.41) is 4.78. The van der Waals surface area contributed by atoms with Gasteiger partial charge in [0.05, 0.1) is 20.9 Å². The number of hydrogen-bond acceptors (Lipinski definition) is 3. The van der Waals surface area contributed by atoms with Gasteiger partial charge in [-0.3, -0.25) is 0 Å². The molecule has 0 aromatic carbocycles. The Morgan fingerprint density at radius 1 is 1.17 bits per heavy atom. The van der Waals surface area contributed by atoms with Crippen LogP contribution in [0, 0.1) is 20.8 Å². The standard InChI is InChI=1S/C18H22BrN3S/c1-6-13(7-2)15-8-10(3)21-22-17(11(4)20-18(15)22)14-9-16(19)23-12(14)5/h8-9,13H,6-7H2,1-5H3. The smallest absolute Gasteiger partial charge is 0.157 e. The summed E-state index contributed by atoms with van der Waals surface area (Å²) in [4.78, 5) is 6.17. The maximum atomic E-state index is 4.89. The summed E-state index contributed by atoms with van der Waals surface area (Å²) in [5.41, 5.74) is 6.77. The highest BCUT2D eigenvalue weighted by molar-refractivity contribution is 9.11. The largest absolute Gasteiger partial charge is 0.231 e. The number of rotatable bonds is 4. The molecule has 0 bridgehead atoms. The Morgan fingerprint density at radius 3 is 2.43 bits per heavy atom. The van der Waals surface area contributed by atoms with Crippen LogP contribution < -0.4 is 0 Å². The van der Waals surface area contributed by atoms with Crippen molar-refractivity contribution in [1.82, 2.24) is 14.6 Å². The molecule has 0 unspecified atom stereocenters. The zero-order chi connectivity index (χ0) is 16.7. The van der Waals surface area contributed by atoms with E-state index in [0.717, 1.165) is 39.4 Å². The normalized spacial score (nSPS) is 11.8. The number of fused-ring (bicyclic) bond motifs is 1. The van der Waals surface area contributed by atoms with Crippen molar-refractivity contribution in [3.63, 3.8) is 0 Å². The quantitative estimate of drug-likeness (QED) is 0.541. The predicted octanol–water partition coefficient (Wildman–Crippen LogP) is 6.05. The SMILES string of the molecule is CCC(CC)c1cc(C)nn2c(-c3cc(Br)sc3C)c(C)nc12. The number of aryl methyl sites for hydroxylation is 3. The molecule has 3 nitrogen and oxygen atoms in total. The Balaban J connectivity index is 2.33. The molecule has 0 amide bonds. The third-order valence-corrected chi connectivity index (χ3v) is 6.03. The van der Waals surface area contributed by atoms with E-state index in [2.05, 4.69) is 67.2 Å². The zero-order valence-electron chi connectivity index (χ0n) is 14.3. The molecule has 122 valence electrons. The van der Waals surface area contributed by atoms with Crippen molar-refractivity contribution >= 4 is 32.9 Å². The van der Waals surface area contributed by atoms with Gasteiger partial charge in [0.2, 0.25) is 0 Å². The van der Waals surface area contributed by atoms with Crippen LogP contribution in [0.4, 0.5) is 0 Å². The number of hydrogen-bond donors (Lipinski definition) is 0. The number of aromatic nitrogens is 3. The number of thiophene rings is 1. The van der Waals surface area contributed by atoms with Gasteiger partial charge in [0.25, 0.3) is 0 Å². The second-order valence-corrected chi connectivity index (χ2v) is 8.69. The molecule has 3 rings (SSSR count). The summed E-state index contributed by atoms with van der Waals surface area (Å²) in [6.45, 7) is 10.8. The van der Waals surface area contributed by atoms with E-state index in [4.69, 9.17) is 10.1 Å². The predicted molar refractivity (Wildman–Crippen MR) is 102 cm³/mol. The fourth-order valence-corrected chi connectivity index (χ4v) is 4.99. The van der Waals surface area contributed by atoms with E-state index in [1.54, 1.807) is 11.3 Å². The van der Waals surface area contributed by atoms with Crippen molar-refractivity contribution in [1.29, 1.82) is 0 Å². The molecule has 3 aromatic rings. The molecule has 3 heterocycles. The molecule has 0 saturated carbocycles. The number of imidazole rings is 1. The van der Waals surface area contributed by atoms with E-state index >= 15 is 0 Å². The molecule has 0 atom stereocenters. The molecule has 0 N–H and O–H groups in total. The van der Waals surface area contributed by atoms with Gasteiger partial charge in [-0.05, 0) is 67.6 Å². The van der Waals surface area contributed by atoms with Gasteiger partial charge < -0.3 is 0 Å². The fourth-order valence-electron chi connectivity index (χ4n) is 3.30. The summed E-state index contributed by atoms with van der Waals surface area (Å²) in [5.74, 6) is 0.532. The lowest BCUT2D eigenvalue weighted by atomic mass is 9.95. The first-order chi connectivity index (χ1) is 11.0. The summed E-state index contributed by atoms with van der Waals surface area (Å²) >= 11 is 5.36.